The maximum Gasteiger partial charge on any atom is 0.142 e. The Hall–Kier alpha value is -1.09. The number of aromatic nitrogens is 1. The van der Waals surface area contributed by atoms with Crippen LogP contribution in [-0.2, 0) is 0 Å². The SMILES string of the molecule is Cc1ccc(OCN2CCC2)cn1. The van der Waals surface area contributed by atoms with Crippen LogP contribution in [0.15, 0.2) is 18.3 Å². The van der Waals surface area contributed by atoms with Crippen molar-refractivity contribution in [3.63, 3.8) is 0 Å². The van der Waals surface area contributed by atoms with Crippen molar-refractivity contribution < 1.29 is 4.74 Å². The highest BCUT2D eigenvalue weighted by Gasteiger charge is 2.13. The van der Waals surface area contributed by atoms with E-state index in [0.717, 1.165) is 11.4 Å². The fourth-order valence-corrected chi connectivity index (χ4v) is 1.22. The van der Waals surface area contributed by atoms with Crippen molar-refractivity contribution in [2.24, 2.45) is 0 Å². The molecule has 0 amide bonds. The topological polar surface area (TPSA) is 25.4 Å². The Kier molecular flexibility index (Phi) is 2.45. The lowest BCUT2D eigenvalue weighted by Gasteiger charge is -2.29. The zero-order valence-corrected chi connectivity index (χ0v) is 7.86. The van der Waals surface area contributed by atoms with Crippen LogP contribution in [0.1, 0.15) is 12.1 Å². The molecule has 3 heteroatoms. The second-order valence-corrected chi connectivity index (χ2v) is 3.38. The van der Waals surface area contributed by atoms with Crippen molar-refractivity contribution in [2.75, 3.05) is 19.8 Å². The predicted octanol–water partition coefficient (Wildman–Crippen LogP) is 1.43. The lowest BCUT2D eigenvalue weighted by molar-refractivity contribution is 0.0728. The largest absolute Gasteiger partial charge is 0.477 e. The highest BCUT2D eigenvalue weighted by molar-refractivity contribution is 5.18. The summed E-state index contributed by atoms with van der Waals surface area (Å²) in [4.78, 5) is 6.42. The summed E-state index contributed by atoms with van der Waals surface area (Å²) in [5, 5.41) is 0. The maximum atomic E-state index is 5.53. The van der Waals surface area contributed by atoms with Gasteiger partial charge in [0.05, 0.1) is 6.20 Å². The van der Waals surface area contributed by atoms with Crippen molar-refractivity contribution in [1.29, 1.82) is 0 Å². The van der Waals surface area contributed by atoms with Gasteiger partial charge in [0.15, 0.2) is 0 Å². The van der Waals surface area contributed by atoms with Gasteiger partial charge in [0, 0.05) is 18.8 Å². The van der Waals surface area contributed by atoms with E-state index in [4.69, 9.17) is 4.74 Å². The smallest absolute Gasteiger partial charge is 0.142 e. The first-order valence-corrected chi connectivity index (χ1v) is 4.62. The van der Waals surface area contributed by atoms with Crippen LogP contribution in [0, 0.1) is 6.92 Å². The van der Waals surface area contributed by atoms with E-state index in [2.05, 4.69) is 9.88 Å². The molecule has 1 aromatic rings. The summed E-state index contributed by atoms with van der Waals surface area (Å²) in [5.41, 5.74) is 1.02. The van der Waals surface area contributed by atoms with Gasteiger partial charge in [0.1, 0.15) is 12.5 Å². The lowest BCUT2D eigenvalue weighted by atomic mass is 10.2. The number of ether oxygens (including phenoxy) is 1. The molecular weight excluding hydrogens is 164 g/mol. The summed E-state index contributed by atoms with van der Waals surface area (Å²) in [5.74, 6) is 0.859. The number of pyridine rings is 1. The first kappa shape index (κ1) is 8.51. The lowest BCUT2D eigenvalue weighted by Crippen LogP contribution is -2.39. The molecule has 70 valence electrons. The van der Waals surface area contributed by atoms with Crippen molar-refractivity contribution in [3.05, 3.63) is 24.0 Å². The number of likely N-dealkylation sites (tertiary alicyclic amines) is 1. The summed E-state index contributed by atoms with van der Waals surface area (Å²) in [6.07, 6.45) is 3.07. The minimum absolute atomic E-state index is 0.699. The summed E-state index contributed by atoms with van der Waals surface area (Å²) < 4.78 is 5.53. The van der Waals surface area contributed by atoms with Crippen LogP contribution >= 0.6 is 0 Å². The molecule has 3 nitrogen and oxygen atoms in total. The van der Waals surface area contributed by atoms with Gasteiger partial charge in [-0.15, -0.1) is 0 Å². The molecule has 1 aliphatic heterocycles. The standard InChI is InChI=1S/C10H14N2O/c1-9-3-4-10(7-11-9)13-8-12-5-2-6-12/h3-4,7H,2,5-6,8H2,1H3. The molecule has 0 aliphatic carbocycles. The molecule has 0 atom stereocenters. The van der Waals surface area contributed by atoms with Crippen LogP contribution in [0.5, 0.6) is 5.75 Å². The molecule has 2 heterocycles. The van der Waals surface area contributed by atoms with Crippen LogP contribution in [-0.4, -0.2) is 29.7 Å². The molecular formula is C10H14N2O. The second-order valence-electron chi connectivity index (χ2n) is 3.38. The molecule has 1 aliphatic rings. The van der Waals surface area contributed by atoms with Crippen LogP contribution in [0.4, 0.5) is 0 Å². The normalized spacial score (nSPS) is 16.7. The van der Waals surface area contributed by atoms with Crippen LogP contribution in [0.25, 0.3) is 0 Å². The first-order chi connectivity index (χ1) is 6.34. The third-order valence-electron chi connectivity index (χ3n) is 2.25. The van der Waals surface area contributed by atoms with E-state index in [-0.39, 0.29) is 0 Å². The minimum Gasteiger partial charge on any atom is -0.477 e. The van der Waals surface area contributed by atoms with E-state index in [1.54, 1.807) is 6.20 Å². The second kappa shape index (κ2) is 3.75. The summed E-state index contributed by atoms with van der Waals surface area (Å²) in [6.45, 7) is 5.00. The Bertz CT molecular complexity index is 267. The maximum absolute atomic E-state index is 5.53. The van der Waals surface area contributed by atoms with E-state index in [1.165, 1.54) is 19.5 Å². The summed E-state index contributed by atoms with van der Waals surface area (Å²) in [7, 11) is 0. The third-order valence-corrected chi connectivity index (χ3v) is 2.25. The van der Waals surface area contributed by atoms with E-state index in [9.17, 15) is 0 Å². The molecule has 1 fully saturated rings. The Morgan fingerprint density at radius 2 is 2.31 bits per heavy atom. The molecule has 1 saturated heterocycles. The zero-order valence-electron chi connectivity index (χ0n) is 7.86. The Balaban J connectivity index is 1.83. The summed E-state index contributed by atoms with van der Waals surface area (Å²) >= 11 is 0. The third kappa shape index (κ3) is 2.18. The van der Waals surface area contributed by atoms with Gasteiger partial charge in [0.25, 0.3) is 0 Å². The number of hydrogen-bond donors (Lipinski definition) is 0. The fraction of sp³-hybridized carbons (Fsp3) is 0.500. The molecule has 0 unspecified atom stereocenters. The number of hydrogen-bond acceptors (Lipinski definition) is 3. The van der Waals surface area contributed by atoms with Crippen molar-refractivity contribution in [3.8, 4) is 5.75 Å². The molecule has 0 aromatic carbocycles. The van der Waals surface area contributed by atoms with Gasteiger partial charge in [-0.05, 0) is 25.5 Å². The molecule has 13 heavy (non-hydrogen) atoms. The molecule has 0 bridgehead atoms. The molecule has 0 radical (unpaired) electrons. The van der Waals surface area contributed by atoms with Gasteiger partial charge >= 0.3 is 0 Å². The average molecular weight is 178 g/mol. The Morgan fingerprint density at radius 3 is 2.85 bits per heavy atom. The average Bonchev–Trinajstić information content (AvgIpc) is 2.05. The van der Waals surface area contributed by atoms with E-state index in [1.807, 2.05) is 19.1 Å². The molecule has 1 aromatic heterocycles. The van der Waals surface area contributed by atoms with Crippen LogP contribution < -0.4 is 4.74 Å². The van der Waals surface area contributed by atoms with Gasteiger partial charge < -0.3 is 4.74 Å². The van der Waals surface area contributed by atoms with Gasteiger partial charge in [-0.2, -0.15) is 0 Å². The van der Waals surface area contributed by atoms with Gasteiger partial charge in [-0.25, -0.2) is 0 Å². The highest BCUT2D eigenvalue weighted by atomic mass is 16.5. The quantitative estimate of drug-likeness (QED) is 0.700. The monoisotopic (exact) mass is 178 g/mol. The van der Waals surface area contributed by atoms with Crippen LogP contribution in [0.3, 0.4) is 0 Å². The molecule has 0 spiro atoms. The molecule has 0 N–H and O–H groups in total. The van der Waals surface area contributed by atoms with E-state index in [0.29, 0.717) is 6.73 Å². The van der Waals surface area contributed by atoms with Crippen molar-refractivity contribution in [2.45, 2.75) is 13.3 Å². The van der Waals surface area contributed by atoms with Crippen LogP contribution in [0.2, 0.25) is 0 Å². The van der Waals surface area contributed by atoms with E-state index >= 15 is 0 Å². The first-order valence-electron chi connectivity index (χ1n) is 4.62. The minimum atomic E-state index is 0.699. The van der Waals surface area contributed by atoms with Gasteiger partial charge in [-0.3, -0.25) is 9.88 Å². The number of aryl methyl sites for hydroxylation is 1. The Morgan fingerprint density at radius 1 is 1.46 bits per heavy atom. The van der Waals surface area contributed by atoms with Gasteiger partial charge in [0.2, 0.25) is 0 Å². The Labute approximate surface area is 78.3 Å². The highest BCUT2D eigenvalue weighted by Crippen LogP contribution is 2.11. The summed E-state index contributed by atoms with van der Waals surface area (Å²) in [6, 6.07) is 3.92. The van der Waals surface area contributed by atoms with E-state index < -0.39 is 0 Å². The molecule has 2 rings (SSSR count). The predicted molar refractivity (Wildman–Crippen MR) is 50.7 cm³/mol. The number of rotatable bonds is 3. The number of nitrogens with zero attached hydrogens (tertiary/aromatic N) is 2. The van der Waals surface area contributed by atoms with Gasteiger partial charge in [-0.1, -0.05) is 0 Å². The van der Waals surface area contributed by atoms with Crippen molar-refractivity contribution >= 4 is 0 Å². The zero-order chi connectivity index (χ0) is 9.10. The fourth-order valence-electron chi connectivity index (χ4n) is 1.22. The van der Waals surface area contributed by atoms with Crippen molar-refractivity contribution in [1.82, 2.24) is 9.88 Å². The molecule has 0 saturated carbocycles.